The molecule has 118 valence electrons. The van der Waals surface area contributed by atoms with Gasteiger partial charge in [0, 0.05) is 4.47 Å². The molecule has 2 aromatic rings. The number of thiazole rings is 1. The van der Waals surface area contributed by atoms with Crippen LogP contribution in [-0.4, -0.2) is 25.9 Å². The first-order valence-electron chi connectivity index (χ1n) is 6.25. The number of ether oxygens (including phenoxy) is 1. The summed E-state index contributed by atoms with van der Waals surface area (Å²) in [5.74, 6) is -0.528. The minimum atomic E-state index is -4.05. The van der Waals surface area contributed by atoms with Crippen LogP contribution in [0.15, 0.2) is 33.8 Å². The number of nitrogens with zero attached hydrogens (tertiary/aromatic N) is 1. The van der Waals surface area contributed by atoms with Gasteiger partial charge in [0.1, 0.15) is 15.5 Å². The molecular weight excluding hydrogens is 392 g/mol. The van der Waals surface area contributed by atoms with Gasteiger partial charge < -0.3 is 4.74 Å². The SMILES string of the molecule is CCOc1ccc(Br)cc1S(=O)(=O)NC(=O)c1cnc(C)s1. The summed E-state index contributed by atoms with van der Waals surface area (Å²) in [6.45, 7) is 3.79. The largest absolute Gasteiger partial charge is 0.492 e. The van der Waals surface area contributed by atoms with Crippen molar-refractivity contribution in [2.45, 2.75) is 18.7 Å². The van der Waals surface area contributed by atoms with Gasteiger partial charge in [-0.15, -0.1) is 11.3 Å². The molecule has 0 atom stereocenters. The van der Waals surface area contributed by atoms with Crippen LogP contribution in [0.5, 0.6) is 5.75 Å². The van der Waals surface area contributed by atoms with Gasteiger partial charge in [0.15, 0.2) is 0 Å². The van der Waals surface area contributed by atoms with Crippen molar-refractivity contribution in [2.75, 3.05) is 6.61 Å². The quantitative estimate of drug-likeness (QED) is 0.827. The summed E-state index contributed by atoms with van der Waals surface area (Å²) < 4.78 is 32.8. The third-order valence-electron chi connectivity index (χ3n) is 2.57. The molecule has 1 aromatic carbocycles. The van der Waals surface area contributed by atoms with E-state index in [1.807, 2.05) is 4.72 Å². The van der Waals surface area contributed by atoms with Crippen molar-refractivity contribution in [1.82, 2.24) is 9.71 Å². The number of sulfonamides is 1. The molecule has 0 bridgehead atoms. The van der Waals surface area contributed by atoms with E-state index in [0.29, 0.717) is 16.1 Å². The number of aromatic nitrogens is 1. The number of carbonyl (C=O) groups excluding carboxylic acids is 1. The van der Waals surface area contributed by atoms with Crippen molar-refractivity contribution in [2.24, 2.45) is 0 Å². The Kier molecular flexibility index (Phi) is 5.20. The molecule has 1 amide bonds. The topological polar surface area (TPSA) is 85.4 Å². The van der Waals surface area contributed by atoms with Crippen LogP contribution in [0, 0.1) is 6.92 Å². The molecule has 2 rings (SSSR count). The molecule has 6 nitrogen and oxygen atoms in total. The summed E-state index contributed by atoms with van der Waals surface area (Å²) in [4.78, 5) is 16.1. The Labute approximate surface area is 140 Å². The molecule has 0 radical (unpaired) electrons. The Balaban J connectivity index is 2.34. The van der Waals surface area contributed by atoms with Crippen molar-refractivity contribution in [3.63, 3.8) is 0 Å². The first-order chi connectivity index (χ1) is 10.3. The Morgan fingerprint density at radius 1 is 1.45 bits per heavy atom. The molecule has 0 saturated carbocycles. The molecular formula is C13H13BrN2O4S2. The summed E-state index contributed by atoms with van der Waals surface area (Å²) in [7, 11) is -4.05. The van der Waals surface area contributed by atoms with E-state index < -0.39 is 15.9 Å². The fourth-order valence-electron chi connectivity index (χ4n) is 1.66. The number of carbonyl (C=O) groups is 1. The zero-order valence-electron chi connectivity index (χ0n) is 11.8. The van der Waals surface area contributed by atoms with E-state index in [1.165, 1.54) is 18.3 Å². The molecule has 0 aliphatic carbocycles. The third-order valence-corrected chi connectivity index (χ3v) is 5.32. The Morgan fingerprint density at radius 2 is 2.18 bits per heavy atom. The van der Waals surface area contributed by atoms with Gasteiger partial charge in [-0.25, -0.2) is 18.1 Å². The number of hydrogen-bond acceptors (Lipinski definition) is 6. The summed E-state index contributed by atoms with van der Waals surface area (Å²) in [5.41, 5.74) is 0. The van der Waals surface area contributed by atoms with Gasteiger partial charge in [-0.1, -0.05) is 15.9 Å². The average molecular weight is 405 g/mol. The normalized spacial score (nSPS) is 11.2. The van der Waals surface area contributed by atoms with Crippen LogP contribution in [-0.2, 0) is 10.0 Å². The molecule has 1 N–H and O–H groups in total. The van der Waals surface area contributed by atoms with Gasteiger partial charge in [-0.05, 0) is 32.0 Å². The van der Waals surface area contributed by atoms with Crippen LogP contribution in [0.1, 0.15) is 21.6 Å². The Hall–Kier alpha value is -1.45. The number of aryl methyl sites for hydroxylation is 1. The van der Waals surface area contributed by atoms with E-state index in [0.717, 1.165) is 11.3 Å². The second kappa shape index (κ2) is 6.76. The highest BCUT2D eigenvalue weighted by Crippen LogP contribution is 2.27. The fraction of sp³-hybridized carbons (Fsp3) is 0.231. The summed E-state index contributed by atoms with van der Waals surface area (Å²) in [6, 6.07) is 4.58. The monoisotopic (exact) mass is 404 g/mol. The van der Waals surface area contributed by atoms with Crippen LogP contribution < -0.4 is 9.46 Å². The van der Waals surface area contributed by atoms with Gasteiger partial charge in [0.05, 0.1) is 17.8 Å². The number of rotatable bonds is 5. The van der Waals surface area contributed by atoms with Gasteiger partial charge >= 0.3 is 0 Å². The predicted molar refractivity (Wildman–Crippen MR) is 86.8 cm³/mol. The van der Waals surface area contributed by atoms with E-state index >= 15 is 0 Å². The van der Waals surface area contributed by atoms with Crippen molar-refractivity contribution < 1.29 is 17.9 Å². The maximum atomic E-state index is 12.4. The van der Waals surface area contributed by atoms with Gasteiger partial charge in [-0.2, -0.15) is 0 Å². The minimum absolute atomic E-state index is 0.0988. The summed E-state index contributed by atoms with van der Waals surface area (Å²) in [5, 5.41) is 0.681. The Morgan fingerprint density at radius 3 is 2.77 bits per heavy atom. The molecule has 0 spiro atoms. The minimum Gasteiger partial charge on any atom is -0.492 e. The van der Waals surface area contributed by atoms with Crippen molar-refractivity contribution in [1.29, 1.82) is 0 Å². The van der Waals surface area contributed by atoms with Crippen molar-refractivity contribution >= 4 is 43.2 Å². The molecule has 1 aromatic heterocycles. The van der Waals surface area contributed by atoms with Gasteiger partial charge in [0.2, 0.25) is 0 Å². The van der Waals surface area contributed by atoms with Crippen molar-refractivity contribution in [3.8, 4) is 5.75 Å². The van der Waals surface area contributed by atoms with E-state index in [1.54, 1.807) is 19.9 Å². The van der Waals surface area contributed by atoms with Crippen molar-refractivity contribution in [3.05, 3.63) is 38.8 Å². The first kappa shape index (κ1) is 16.9. The number of hydrogen-bond donors (Lipinski definition) is 1. The lowest BCUT2D eigenvalue weighted by molar-refractivity contribution is 0.0985. The van der Waals surface area contributed by atoms with Crippen LogP contribution in [0.25, 0.3) is 0 Å². The summed E-state index contributed by atoms with van der Waals surface area (Å²) in [6.07, 6.45) is 1.34. The molecule has 22 heavy (non-hydrogen) atoms. The highest BCUT2D eigenvalue weighted by molar-refractivity contribution is 9.10. The first-order valence-corrected chi connectivity index (χ1v) is 9.34. The summed E-state index contributed by atoms with van der Waals surface area (Å²) >= 11 is 4.33. The third kappa shape index (κ3) is 3.84. The Bertz CT molecular complexity index is 802. The van der Waals surface area contributed by atoms with E-state index in [9.17, 15) is 13.2 Å². The second-order valence-electron chi connectivity index (χ2n) is 4.20. The molecule has 0 saturated heterocycles. The average Bonchev–Trinajstić information content (AvgIpc) is 2.87. The number of amides is 1. The molecule has 9 heteroatoms. The molecule has 0 aliphatic rings. The van der Waals surface area contributed by atoms with E-state index in [2.05, 4.69) is 20.9 Å². The molecule has 0 aliphatic heterocycles. The number of nitrogens with one attached hydrogen (secondary N) is 1. The maximum absolute atomic E-state index is 12.4. The van der Waals surface area contributed by atoms with E-state index in [4.69, 9.17) is 4.74 Å². The lowest BCUT2D eigenvalue weighted by Crippen LogP contribution is -2.30. The van der Waals surface area contributed by atoms with Crippen LogP contribution in [0.4, 0.5) is 0 Å². The van der Waals surface area contributed by atoms with Crippen LogP contribution >= 0.6 is 27.3 Å². The zero-order chi connectivity index (χ0) is 16.3. The van der Waals surface area contributed by atoms with Crippen LogP contribution in [0.3, 0.4) is 0 Å². The number of halogens is 1. The molecule has 0 fully saturated rings. The molecule has 1 heterocycles. The van der Waals surface area contributed by atoms with Gasteiger partial charge in [-0.3, -0.25) is 4.79 Å². The lowest BCUT2D eigenvalue weighted by atomic mass is 10.3. The zero-order valence-corrected chi connectivity index (χ0v) is 15.0. The predicted octanol–water partition coefficient (Wildman–Crippen LogP) is 2.73. The lowest BCUT2D eigenvalue weighted by Gasteiger charge is -2.11. The highest BCUT2D eigenvalue weighted by atomic mass is 79.9. The van der Waals surface area contributed by atoms with E-state index in [-0.39, 0.29) is 15.5 Å². The smallest absolute Gasteiger partial charge is 0.276 e. The van der Waals surface area contributed by atoms with Gasteiger partial charge in [0.25, 0.3) is 15.9 Å². The highest BCUT2D eigenvalue weighted by Gasteiger charge is 2.24. The van der Waals surface area contributed by atoms with Crippen LogP contribution in [0.2, 0.25) is 0 Å². The fourth-order valence-corrected chi connectivity index (χ4v) is 4.05. The number of benzene rings is 1. The maximum Gasteiger partial charge on any atom is 0.276 e. The molecule has 0 unspecified atom stereocenters. The second-order valence-corrected chi connectivity index (χ2v) is 8.00. The standard InChI is InChI=1S/C13H13BrN2O4S2/c1-3-20-10-5-4-9(14)6-12(10)22(18,19)16-13(17)11-7-15-8(2)21-11/h4-7H,3H2,1-2H3,(H,16,17).